The highest BCUT2D eigenvalue weighted by molar-refractivity contribution is 6.36. The molecule has 1 aliphatic heterocycles. The summed E-state index contributed by atoms with van der Waals surface area (Å²) < 4.78 is 4.96. The molecule has 100 valence electrons. The first kappa shape index (κ1) is 13.1. The average Bonchev–Trinajstić information content (AvgIpc) is 2.74. The van der Waals surface area contributed by atoms with Crippen LogP contribution in [0.1, 0.15) is 46.5 Å². The predicted octanol–water partition coefficient (Wildman–Crippen LogP) is 2.83. The van der Waals surface area contributed by atoms with Gasteiger partial charge in [-0.25, -0.2) is 4.79 Å². The lowest BCUT2D eigenvalue weighted by molar-refractivity contribution is -0.135. The molecule has 0 saturated heterocycles. The van der Waals surface area contributed by atoms with Crippen molar-refractivity contribution in [2.45, 2.75) is 52.1 Å². The van der Waals surface area contributed by atoms with Crippen molar-refractivity contribution in [3.8, 4) is 0 Å². The summed E-state index contributed by atoms with van der Waals surface area (Å²) in [6.45, 7) is 6.37. The molecule has 0 saturated carbocycles. The number of carbonyl (C=O) groups is 1. The second-order valence-electron chi connectivity index (χ2n) is 5.36. The number of rotatable bonds is 3. The molecule has 0 spiro atoms. The Labute approximate surface area is 108 Å². The fraction of sp³-hybridized carbons (Fsp3) is 0.714. The van der Waals surface area contributed by atoms with E-state index in [0.717, 1.165) is 19.3 Å². The van der Waals surface area contributed by atoms with Crippen LogP contribution >= 0.6 is 0 Å². The van der Waals surface area contributed by atoms with Crippen molar-refractivity contribution in [2.24, 2.45) is 11.1 Å². The lowest BCUT2D eigenvalue weighted by Gasteiger charge is -2.33. The number of allylic oxidation sites excluding steroid dienone is 2. The highest BCUT2D eigenvalue weighted by Gasteiger charge is 2.44. The van der Waals surface area contributed by atoms with Crippen LogP contribution in [0.3, 0.4) is 0 Å². The number of hydrogen-bond donors (Lipinski definition) is 0. The van der Waals surface area contributed by atoms with Crippen molar-refractivity contribution in [1.29, 1.82) is 0 Å². The number of nitrogens with zero attached hydrogens (tertiary/aromatic N) is 1. The van der Waals surface area contributed by atoms with Crippen LogP contribution in [0.2, 0.25) is 0 Å². The quantitative estimate of drug-likeness (QED) is 0.572. The number of carbonyl (C=O) groups excluding carboxylic acids is 1. The summed E-state index contributed by atoms with van der Waals surface area (Å²) in [5, 5.41) is 3.92. The molecule has 4 heteroatoms. The van der Waals surface area contributed by atoms with E-state index in [0.29, 0.717) is 24.7 Å². The third-order valence-electron chi connectivity index (χ3n) is 3.90. The maximum absolute atomic E-state index is 11.6. The average molecular weight is 251 g/mol. The summed E-state index contributed by atoms with van der Waals surface area (Å²) in [6, 6.07) is 0. The molecule has 18 heavy (non-hydrogen) atoms. The van der Waals surface area contributed by atoms with Gasteiger partial charge in [-0.05, 0) is 40.0 Å². The summed E-state index contributed by atoms with van der Waals surface area (Å²) in [6.07, 6.45) is 6.05. The number of hydrogen-bond acceptors (Lipinski definition) is 4. The Morgan fingerprint density at radius 1 is 1.67 bits per heavy atom. The van der Waals surface area contributed by atoms with E-state index >= 15 is 0 Å². The molecule has 2 aliphatic rings. The summed E-state index contributed by atoms with van der Waals surface area (Å²) in [4.78, 5) is 17.2. The molecule has 0 unspecified atom stereocenters. The van der Waals surface area contributed by atoms with Crippen LogP contribution < -0.4 is 0 Å². The lowest BCUT2D eigenvalue weighted by Crippen LogP contribution is -2.36. The number of esters is 1. The van der Waals surface area contributed by atoms with Crippen molar-refractivity contribution < 1.29 is 14.4 Å². The molecule has 0 N–H and O–H groups in total. The van der Waals surface area contributed by atoms with Gasteiger partial charge in [0.1, 0.15) is 5.60 Å². The smallest absolute Gasteiger partial charge is 0.356 e. The van der Waals surface area contributed by atoms with Crippen LogP contribution in [0.25, 0.3) is 0 Å². The molecule has 0 amide bonds. The van der Waals surface area contributed by atoms with Gasteiger partial charge in [-0.2, -0.15) is 0 Å². The van der Waals surface area contributed by atoms with Gasteiger partial charge in [-0.15, -0.1) is 0 Å². The van der Waals surface area contributed by atoms with Crippen LogP contribution in [0.15, 0.2) is 16.8 Å². The van der Waals surface area contributed by atoms with Crippen LogP contribution in [0, 0.1) is 5.92 Å². The molecule has 2 atom stereocenters. The standard InChI is InChI=1S/C14H21NO3/c1-4-17-13(16)12-9-14(3,18-15-12)11-7-5-10(2)6-8-11/h5,11H,4,6-9H2,1-3H3/t11-,14-/m0/s1. The molecule has 0 aromatic rings. The molecule has 0 aromatic carbocycles. The van der Waals surface area contributed by atoms with E-state index in [4.69, 9.17) is 9.57 Å². The van der Waals surface area contributed by atoms with Crippen molar-refractivity contribution in [3.63, 3.8) is 0 Å². The Morgan fingerprint density at radius 3 is 3.06 bits per heavy atom. The molecule has 0 bridgehead atoms. The fourth-order valence-corrected chi connectivity index (χ4v) is 2.62. The topological polar surface area (TPSA) is 47.9 Å². The maximum atomic E-state index is 11.6. The van der Waals surface area contributed by atoms with Gasteiger partial charge in [-0.3, -0.25) is 0 Å². The zero-order valence-corrected chi connectivity index (χ0v) is 11.4. The first-order chi connectivity index (χ1) is 8.55. The third-order valence-corrected chi connectivity index (χ3v) is 3.90. The summed E-state index contributed by atoms with van der Waals surface area (Å²) >= 11 is 0. The Hall–Kier alpha value is -1.32. The first-order valence-corrected chi connectivity index (χ1v) is 6.63. The Morgan fingerprint density at radius 2 is 2.44 bits per heavy atom. The monoisotopic (exact) mass is 251 g/mol. The zero-order valence-electron chi connectivity index (χ0n) is 11.4. The largest absolute Gasteiger partial charge is 0.461 e. The van der Waals surface area contributed by atoms with E-state index in [1.807, 2.05) is 6.92 Å². The second-order valence-corrected chi connectivity index (χ2v) is 5.36. The molecule has 2 rings (SSSR count). The lowest BCUT2D eigenvalue weighted by atomic mass is 9.76. The summed E-state index contributed by atoms with van der Waals surface area (Å²) in [5.74, 6) is 0.0839. The summed E-state index contributed by atoms with van der Waals surface area (Å²) in [7, 11) is 0. The van der Waals surface area contributed by atoms with Gasteiger partial charge in [0.25, 0.3) is 0 Å². The third kappa shape index (κ3) is 2.57. The minimum Gasteiger partial charge on any atom is -0.461 e. The van der Waals surface area contributed by atoms with Crippen molar-refractivity contribution in [3.05, 3.63) is 11.6 Å². The molecule has 1 aliphatic carbocycles. The van der Waals surface area contributed by atoms with Crippen LogP contribution in [-0.2, 0) is 14.4 Å². The second kappa shape index (κ2) is 5.12. The number of oxime groups is 1. The summed E-state index contributed by atoms with van der Waals surface area (Å²) in [5.41, 5.74) is 1.52. The van der Waals surface area contributed by atoms with Crippen LogP contribution in [0.5, 0.6) is 0 Å². The van der Waals surface area contributed by atoms with Gasteiger partial charge in [0, 0.05) is 12.3 Å². The molecular formula is C14H21NO3. The normalized spacial score (nSPS) is 31.4. The molecular weight excluding hydrogens is 230 g/mol. The minimum absolute atomic E-state index is 0.344. The molecule has 0 aromatic heterocycles. The van der Waals surface area contributed by atoms with E-state index in [1.165, 1.54) is 5.57 Å². The van der Waals surface area contributed by atoms with E-state index in [-0.39, 0.29) is 11.6 Å². The molecule has 4 nitrogen and oxygen atoms in total. The Bertz CT molecular complexity index is 400. The van der Waals surface area contributed by atoms with Gasteiger partial charge in [0.2, 0.25) is 0 Å². The van der Waals surface area contributed by atoms with Crippen molar-refractivity contribution in [1.82, 2.24) is 0 Å². The predicted molar refractivity (Wildman–Crippen MR) is 69.3 cm³/mol. The van der Waals surface area contributed by atoms with E-state index < -0.39 is 0 Å². The van der Waals surface area contributed by atoms with Gasteiger partial charge in [0.15, 0.2) is 5.71 Å². The molecule has 1 heterocycles. The number of ether oxygens (including phenoxy) is 1. The van der Waals surface area contributed by atoms with Crippen molar-refractivity contribution >= 4 is 11.7 Å². The van der Waals surface area contributed by atoms with Crippen LogP contribution in [0.4, 0.5) is 0 Å². The van der Waals surface area contributed by atoms with E-state index in [2.05, 4.69) is 18.2 Å². The zero-order chi connectivity index (χ0) is 13.2. The fourth-order valence-electron chi connectivity index (χ4n) is 2.62. The highest BCUT2D eigenvalue weighted by atomic mass is 16.7. The van der Waals surface area contributed by atoms with Crippen LogP contribution in [-0.4, -0.2) is 23.9 Å². The molecule has 0 fully saturated rings. The molecule has 0 radical (unpaired) electrons. The Kier molecular flexibility index (Phi) is 3.73. The van der Waals surface area contributed by atoms with Crippen molar-refractivity contribution in [2.75, 3.05) is 6.61 Å². The van der Waals surface area contributed by atoms with Gasteiger partial charge in [0.05, 0.1) is 6.61 Å². The van der Waals surface area contributed by atoms with E-state index in [1.54, 1.807) is 6.92 Å². The van der Waals surface area contributed by atoms with E-state index in [9.17, 15) is 4.79 Å². The van der Waals surface area contributed by atoms with Gasteiger partial charge >= 0.3 is 5.97 Å². The minimum atomic E-state index is -0.348. The maximum Gasteiger partial charge on any atom is 0.356 e. The van der Waals surface area contributed by atoms with Gasteiger partial charge < -0.3 is 9.57 Å². The Balaban J connectivity index is 1.98. The van der Waals surface area contributed by atoms with Gasteiger partial charge in [-0.1, -0.05) is 16.8 Å². The first-order valence-electron chi connectivity index (χ1n) is 6.63. The SMILES string of the molecule is CCOC(=O)C1=NO[C@](C)([C@H]2CC=C(C)CC2)C1. The highest BCUT2D eigenvalue weighted by Crippen LogP contribution is 2.39.